The van der Waals surface area contributed by atoms with Gasteiger partial charge in [-0.15, -0.1) is 0 Å². The van der Waals surface area contributed by atoms with Crippen LogP contribution in [0.25, 0.3) is 10.9 Å². The predicted octanol–water partition coefficient (Wildman–Crippen LogP) is 4.83. The Kier molecular flexibility index (Phi) is 7.05. The number of hydrogen-bond acceptors (Lipinski definition) is 6. The van der Waals surface area contributed by atoms with Gasteiger partial charge < -0.3 is 15.1 Å². The summed E-state index contributed by atoms with van der Waals surface area (Å²) in [7, 11) is 0. The molecular weight excluding hydrogens is 457 g/mol. The zero-order valence-electron chi connectivity index (χ0n) is 19.4. The number of nitrogens with zero attached hydrogens (tertiary/aromatic N) is 5. The van der Waals surface area contributed by atoms with Crippen LogP contribution in [-0.4, -0.2) is 46.5 Å². The number of amides is 1. The maximum Gasteiger partial charge on any atom is 0.266 e. The van der Waals surface area contributed by atoms with E-state index in [-0.39, 0.29) is 23.9 Å². The lowest BCUT2D eigenvalue weighted by atomic mass is 10.0. The van der Waals surface area contributed by atoms with Crippen molar-refractivity contribution < 1.29 is 18.0 Å². The molecule has 35 heavy (non-hydrogen) atoms. The quantitative estimate of drug-likeness (QED) is 0.542. The molecule has 4 rings (SSSR count). The SMILES string of the molecule is CC(=O)N1CCN(c2cc3c(N[C@H](C)c4cccc(C(F)F)c4F)ccnc3cn2)[C@@H](CC#N)C1. The average Bonchev–Trinajstić information content (AvgIpc) is 2.84. The Bertz CT molecular complexity index is 1280. The van der Waals surface area contributed by atoms with Gasteiger partial charge in [-0.25, -0.2) is 18.2 Å². The number of rotatable bonds is 6. The van der Waals surface area contributed by atoms with E-state index in [0.29, 0.717) is 36.7 Å². The Labute approximate surface area is 201 Å². The van der Waals surface area contributed by atoms with Crippen LogP contribution in [0, 0.1) is 17.1 Å². The van der Waals surface area contributed by atoms with E-state index < -0.39 is 23.8 Å². The zero-order chi connectivity index (χ0) is 25.1. The molecule has 1 saturated heterocycles. The molecule has 1 amide bonds. The first kappa shape index (κ1) is 24.3. The second-order valence-electron chi connectivity index (χ2n) is 8.51. The number of halogens is 3. The number of nitrogens with one attached hydrogen (secondary N) is 1. The molecule has 0 unspecified atom stereocenters. The molecule has 1 N–H and O–H groups in total. The summed E-state index contributed by atoms with van der Waals surface area (Å²) in [4.78, 5) is 24.5. The molecule has 1 aliphatic rings. The fourth-order valence-electron chi connectivity index (χ4n) is 4.43. The molecule has 0 aliphatic carbocycles. The van der Waals surface area contributed by atoms with Crippen molar-refractivity contribution in [1.82, 2.24) is 14.9 Å². The van der Waals surface area contributed by atoms with Crippen molar-refractivity contribution >= 4 is 28.3 Å². The lowest BCUT2D eigenvalue weighted by Gasteiger charge is -2.41. The molecule has 3 aromatic rings. The maximum atomic E-state index is 14.7. The monoisotopic (exact) mass is 482 g/mol. The Hall–Kier alpha value is -3.87. The summed E-state index contributed by atoms with van der Waals surface area (Å²) in [5.41, 5.74) is 0.756. The van der Waals surface area contributed by atoms with Crippen LogP contribution in [0.2, 0.25) is 0 Å². The number of piperazine rings is 1. The van der Waals surface area contributed by atoms with E-state index in [4.69, 9.17) is 0 Å². The van der Waals surface area contributed by atoms with Crippen molar-refractivity contribution in [2.75, 3.05) is 29.9 Å². The van der Waals surface area contributed by atoms with Crippen molar-refractivity contribution in [3.63, 3.8) is 0 Å². The maximum absolute atomic E-state index is 14.7. The second kappa shape index (κ2) is 10.2. The largest absolute Gasteiger partial charge is 0.378 e. The van der Waals surface area contributed by atoms with Gasteiger partial charge in [-0.05, 0) is 19.1 Å². The van der Waals surface area contributed by atoms with Gasteiger partial charge in [-0.2, -0.15) is 5.26 Å². The van der Waals surface area contributed by atoms with Crippen molar-refractivity contribution in [3.8, 4) is 6.07 Å². The van der Waals surface area contributed by atoms with Crippen molar-refractivity contribution in [3.05, 3.63) is 59.7 Å². The number of carbonyl (C=O) groups excluding carboxylic acids is 1. The average molecular weight is 483 g/mol. The number of benzene rings is 1. The van der Waals surface area contributed by atoms with Crippen molar-refractivity contribution in [1.29, 1.82) is 5.26 Å². The van der Waals surface area contributed by atoms with Crippen LogP contribution in [0.4, 0.5) is 24.7 Å². The number of hydrogen-bond donors (Lipinski definition) is 1. The van der Waals surface area contributed by atoms with Gasteiger partial charge in [0, 0.05) is 49.4 Å². The number of nitriles is 1. The minimum atomic E-state index is -2.90. The number of carbonyl (C=O) groups is 1. The van der Waals surface area contributed by atoms with Crippen molar-refractivity contribution in [2.24, 2.45) is 0 Å². The van der Waals surface area contributed by atoms with E-state index in [2.05, 4.69) is 21.4 Å². The standard InChI is InChI=1S/C25H25F3N6O/c1-15(18-4-3-5-19(24(18)26)25(27)28)32-21-7-9-30-22-13-31-23(12-20(21)22)34-11-10-33(16(2)35)14-17(34)6-8-29/h3-5,7,9,12-13,15,17,25H,6,10-11,14H2,1-2H3,(H,30,32)/t15-,17+/m1/s1. The summed E-state index contributed by atoms with van der Waals surface area (Å²) >= 11 is 0. The number of anilines is 2. The van der Waals surface area contributed by atoms with Gasteiger partial charge in [0.25, 0.3) is 6.43 Å². The predicted molar refractivity (Wildman–Crippen MR) is 127 cm³/mol. The molecule has 182 valence electrons. The number of pyridine rings is 2. The van der Waals surface area contributed by atoms with Gasteiger partial charge in [-0.3, -0.25) is 9.78 Å². The van der Waals surface area contributed by atoms with E-state index in [1.807, 2.05) is 11.0 Å². The van der Waals surface area contributed by atoms with Crippen LogP contribution in [0.1, 0.15) is 43.9 Å². The first-order valence-electron chi connectivity index (χ1n) is 11.3. The van der Waals surface area contributed by atoms with Gasteiger partial charge in [0.05, 0.1) is 41.9 Å². The van der Waals surface area contributed by atoms with E-state index in [0.717, 1.165) is 11.5 Å². The third kappa shape index (κ3) is 4.99. The van der Waals surface area contributed by atoms with Gasteiger partial charge >= 0.3 is 0 Å². The van der Waals surface area contributed by atoms with Crippen LogP contribution in [0.3, 0.4) is 0 Å². The van der Waals surface area contributed by atoms with Crippen LogP contribution < -0.4 is 10.2 Å². The molecule has 2 atom stereocenters. The van der Waals surface area contributed by atoms with Crippen LogP contribution in [0.15, 0.2) is 42.7 Å². The Morgan fingerprint density at radius 2 is 2.03 bits per heavy atom. The first-order chi connectivity index (χ1) is 16.8. The van der Waals surface area contributed by atoms with E-state index >= 15 is 0 Å². The molecule has 1 aromatic carbocycles. The Morgan fingerprint density at radius 1 is 1.26 bits per heavy atom. The van der Waals surface area contributed by atoms with Crippen LogP contribution >= 0.6 is 0 Å². The van der Waals surface area contributed by atoms with Gasteiger partial charge in [0.15, 0.2) is 0 Å². The first-order valence-corrected chi connectivity index (χ1v) is 11.3. The molecule has 2 aromatic heterocycles. The van der Waals surface area contributed by atoms with E-state index in [1.165, 1.54) is 19.1 Å². The molecular formula is C25H25F3N6O. The van der Waals surface area contributed by atoms with Gasteiger partial charge in [0.2, 0.25) is 5.91 Å². The molecule has 0 spiro atoms. The Morgan fingerprint density at radius 3 is 2.74 bits per heavy atom. The molecule has 10 heteroatoms. The molecule has 0 radical (unpaired) electrons. The molecule has 0 bridgehead atoms. The lowest BCUT2D eigenvalue weighted by molar-refractivity contribution is -0.129. The third-order valence-corrected chi connectivity index (χ3v) is 6.29. The molecule has 1 aliphatic heterocycles. The summed E-state index contributed by atoms with van der Waals surface area (Å²) < 4.78 is 41.0. The van der Waals surface area contributed by atoms with E-state index in [1.54, 1.807) is 30.3 Å². The Balaban J connectivity index is 1.66. The molecule has 3 heterocycles. The fourth-order valence-corrected chi connectivity index (χ4v) is 4.43. The minimum Gasteiger partial charge on any atom is -0.378 e. The highest BCUT2D eigenvalue weighted by molar-refractivity contribution is 5.92. The second-order valence-corrected chi connectivity index (χ2v) is 8.51. The van der Waals surface area contributed by atoms with Crippen LogP contribution in [-0.2, 0) is 4.79 Å². The highest BCUT2D eigenvalue weighted by atomic mass is 19.3. The molecule has 7 nitrogen and oxygen atoms in total. The summed E-state index contributed by atoms with van der Waals surface area (Å²) in [6.07, 6.45) is 0.550. The normalized spacial score (nSPS) is 16.9. The van der Waals surface area contributed by atoms with Gasteiger partial charge in [0.1, 0.15) is 11.6 Å². The van der Waals surface area contributed by atoms with Crippen molar-refractivity contribution in [2.45, 2.75) is 38.8 Å². The number of alkyl halides is 2. The highest BCUT2D eigenvalue weighted by Crippen LogP contribution is 2.32. The summed E-state index contributed by atoms with van der Waals surface area (Å²) in [5.74, 6) is -0.326. The lowest BCUT2D eigenvalue weighted by Crippen LogP contribution is -2.54. The number of aromatic nitrogens is 2. The topological polar surface area (TPSA) is 85.2 Å². The highest BCUT2D eigenvalue weighted by Gasteiger charge is 2.29. The summed E-state index contributed by atoms with van der Waals surface area (Å²) in [6, 6.07) is 8.94. The van der Waals surface area contributed by atoms with Gasteiger partial charge in [-0.1, -0.05) is 18.2 Å². The molecule has 1 fully saturated rings. The number of fused-ring (bicyclic) bond motifs is 1. The smallest absolute Gasteiger partial charge is 0.266 e. The van der Waals surface area contributed by atoms with E-state index in [9.17, 15) is 23.2 Å². The minimum absolute atomic E-state index is 0.0353. The summed E-state index contributed by atoms with van der Waals surface area (Å²) in [5, 5.41) is 13.3. The third-order valence-electron chi connectivity index (χ3n) is 6.29. The summed E-state index contributed by atoms with van der Waals surface area (Å²) in [6.45, 7) is 4.68. The van der Waals surface area contributed by atoms with Crippen LogP contribution in [0.5, 0.6) is 0 Å². The molecule has 0 saturated carbocycles. The fraction of sp³-hybridized carbons (Fsp3) is 0.360. The zero-order valence-corrected chi connectivity index (χ0v) is 19.4.